The molecule has 0 spiro atoms. The van der Waals surface area contributed by atoms with Crippen LogP contribution >= 0.6 is 0 Å². The number of sulfonamides is 1. The monoisotopic (exact) mass is 439 g/mol. The summed E-state index contributed by atoms with van der Waals surface area (Å²) in [5.74, 6) is 1.53. The van der Waals surface area contributed by atoms with Gasteiger partial charge in [0.25, 0.3) is 10.0 Å². The first kappa shape index (κ1) is 20.5. The van der Waals surface area contributed by atoms with Crippen molar-refractivity contribution in [1.82, 2.24) is 10.2 Å². The molecule has 31 heavy (non-hydrogen) atoms. The zero-order chi connectivity index (χ0) is 22.0. The number of hydrogen-bond donors (Lipinski definition) is 2. The van der Waals surface area contributed by atoms with Crippen molar-refractivity contribution in [3.63, 3.8) is 0 Å². The molecular weight excluding hydrogens is 418 g/mol. The summed E-state index contributed by atoms with van der Waals surface area (Å²) < 4.78 is 44.4. The predicted molar refractivity (Wildman–Crippen MR) is 118 cm³/mol. The lowest BCUT2D eigenvalue weighted by Gasteiger charge is -2.14. The normalized spacial score (nSPS) is 11.3. The van der Waals surface area contributed by atoms with Crippen molar-refractivity contribution in [2.75, 3.05) is 26.1 Å². The van der Waals surface area contributed by atoms with E-state index in [0.717, 1.165) is 22.0 Å². The maximum absolute atomic E-state index is 12.8. The van der Waals surface area contributed by atoms with Crippen LogP contribution in [0.2, 0.25) is 0 Å². The van der Waals surface area contributed by atoms with Crippen molar-refractivity contribution in [2.24, 2.45) is 0 Å². The van der Waals surface area contributed by atoms with E-state index in [-0.39, 0.29) is 4.90 Å². The average Bonchev–Trinajstić information content (AvgIpc) is 3.25. The van der Waals surface area contributed by atoms with Crippen molar-refractivity contribution in [3.05, 3.63) is 60.8 Å². The third kappa shape index (κ3) is 3.99. The number of rotatable bonds is 7. The summed E-state index contributed by atoms with van der Waals surface area (Å²) in [4.78, 5) is 0.149. The van der Waals surface area contributed by atoms with Crippen molar-refractivity contribution in [1.29, 1.82) is 0 Å². The van der Waals surface area contributed by atoms with Gasteiger partial charge in [0.1, 0.15) is 0 Å². The van der Waals surface area contributed by atoms with Crippen LogP contribution in [0.4, 0.5) is 5.69 Å². The number of hydrogen-bond acceptors (Lipinski definition) is 6. The van der Waals surface area contributed by atoms with Gasteiger partial charge in [-0.3, -0.25) is 9.82 Å². The molecule has 0 amide bonds. The second kappa shape index (κ2) is 8.19. The molecule has 0 saturated heterocycles. The number of aromatic amines is 1. The number of ether oxygens (including phenoxy) is 3. The third-order valence-corrected chi connectivity index (χ3v) is 6.25. The topological polar surface area (TPSA) is 103 Å². The first-order valence-corrected chi connectivity index (χ1v) is 10.8. The fourth-order valence-corrected chi connectivity index (χ4v) is 4.34. The van der Waals surface area contributed by atoms with Crippen LogP contribution in [-0.4, -0.2) is 39.9 Å². The van der Waals surface area contributed by atoms with Gasteiger partial charge in [-0.2, -0.15) is 5.10 Å². The Morgan fingerprint density at radius 3 is 2.13 bits per heavy atom. The van der Waals surface area contributed by atoms with E-state index in [1.807, 2.05) is 12.1 Å². The van der Waals surface area contributed by atoms with E-state index in [1.54, 1.807) is 62.9 Å². The van der Waals surface area contributed by atoms with Crippen molar-refractivity contribution >= 4 is 26.6 Å². The lowest BCUT2D eigenvalue weighted by molar-refractivity contribution is 0.324. The van der Waals surface area contributed by atoms with Crippen LogP contribution in [0.15, 0.2) is 65.7 Å². The van der Waals surface area contributed by atoms with E-state index < -0.39 is 10.0 Å². The molecular formula is C22H21N3O5S. The molecule has 160 valence electrons. The lowest BCUT2D eigenvalue weighted by Crippen LogP contribution is -2.12. The quantitative estimate of drug-likeness (QED) is 0.450. The molecule has 1 heterocycles. The van der Waals surface area contributed by atoms with Gasteiger partial charge in [0, 0.05) is 11.1 Å². The van der Waals surface area contributed by atoms with Crippen LogP contribution in [0.5, 0.6) is 17.2 Å². The lowest BCUT2D eigenvalue weighted by atomic mass is 10.0. The molecule has 2 N–H and O–H groups in total. The van der Waals surface area contributed by atoms with E-state index in [2.05, 4.69) is 14.9 Å². The molecule has 9 heteroatoms. The van der Waals surface area contributed by atoms with E-state index in [9.17, 15) is 8.42 Å². The van der Waals surface area contributed by atoms with E-state index in [4.69, 9.17) is 14.2 Å². The molecule has 0 aliphatic rings. The largest absolute Gasteiger partial charge is 0.493 e. The van der Waals surface area contributed by atoms with Crippen LogP contribution in [0, 0.1) is 0 Å². The van der Waals surface area contributed by atoms with Crippen LogP contribution in [0.25, 0.3) is 22.0 Å². The standard InChI is InChI=1S/C22H21N3O5S/c1-28-20-11-15(12-21(29-2)22(20)30-3)14-4-7-18(8-5-14)31(26,27)25-17-6-9-19-16(10-17)13-23-24-19/h4-13,25H,1-3H3,(H,23,24). The summed E-state index contributed by atoms with van der Waals surface area (Å²) in [5, 5.41) is 7.59. The van der Waals surface area contributed by atoms with Gasteiger partial charge in [-0.1, -0.05) is 12.1 Å². The number of fused-ring (bicyclic) bond motifs is 1. The smallest absolute Gasteiger partial charge is 0.261 e. The third-order valence-electron chi connectivity index (χ3n) is 4.86. The van der Waals surface area contributed by atoms with Crippen LogP contribution in [0.3, 0.4) is 0 Å². The molecule has 3 aromatic carbocycles. The van der Waals surface area contributed by atoms with Crippen LogP contribution in [0.1, 0.15) is 0 Å². The Labute approximate surface area is 179 Å². The van der Waals surface area contributed by atoms with E-state index >= 15 is 0 Å². The summed E-state index contributed by atoms with van der Waals surface area (Å²) in [6.07, 6.45) is 1.64. The second-order valence-electron chi connectivity index (χ2n) is 6.72. The zero-order valence-corrected chi connectivity index (χ0v) is 18.0. The van der Waals surface area contributed by atoms with E-state index in [0.29, 0.717) is 22.9 Å². The minimum atomic E-state index is -3.75. The molecule has 0 aliphatic heterocycles. The van der Waals surface area contributed by atoms with Gasteiger partial charge >= 0.3 is 0 Å². The average molecular weight is 439 g/mol. The first-order chi connectivity index (χ1) is 14.9. The highest BCUT2D eigenvalue weighted by atomic mass is 32.2. The fraction of sp³-hybridized carbons (Fsp3) is 0.136. The van der Waals surface area contributed by atoms with Crippen molar-refractivity contribution in [2.45, 2.75) is 4.90 Å². The highest BCUT2D eigenvalue weighted by molar-refractivity contribution is 7.92. The SMILES string of the molecule is COc1cc(-c2ccc(S(=O)(=O)Nc3ccc4[nH]ncc4c3)cc2)cc(OC)c1OC. The number of benzene rings is 3. The van der Waals surface area contributed by atoms with Crippen molar-refractivity contribution in [3.8, 4) is 28.4 Å². The Bertz CT molecular complexity index is 1310. The molecule has 0 saturated carbocycles. The van der Waals surface area contributed by atoms with Crippen LogP contribution in [-0.2, 0) is 10.0 Å². The molecule has 0 unspecified atom stereocenters. The molecule has 0 fully saturated rings. The van der Waals surface area contributed by atoms with Crippen LogP contribution < -0.4 is 18.9 Å². The summed E-state index contributed by atoms with van der Waals surface area (Å²) >= 11 is 0. The maximum Gasteiger partial charge on any atom is 0.261 e. The van der Waals surface area contributed by atoms with Gasteiger partial charge in [0.15, 0.2) is 11.5 Å². The predicted octanol–water partition coefficient (Wildman–Crippen LogP) is 4.06. The molecule has 1 aromatic heterocycles. The number of nitrogens with zero attached hydrogens (tertiary/aromatic N) is 1. The van der Waals surface area contributed by atoms with E-state index in [1.165, 1.54) is 7.11 Å². The number of anilines is 1. The zero-order valence-electron chi connectivity index (χ0n) is 17.2. The second-order valence-corrected chi connectivity index (χ2v) is 8.40. The Morgan fingerprint density at radius 2 is 1.52 bits per heavy atom. The van der Waals surface area contributed by atoms with Gasteiger partial charge in [-0.05, 0) is 53.6 Å². The molecule has 4 rings (SSSR count). The number of H-pyrrole nitrogens is 1. The molecule has 0 radical (unpaired) electrons. The molecule has 0 aliphatic carbocycles. The highest BCUT2D eigenvalue weighted by Crippen LogP contribution is 2.41. The molecule has 8 nitrogen and oxygen atoms in total. The summed E-state index contributed by atoms with van der Waals surface area (Å²) in [7, 11) is 0.878. The summed E-state index contributed by atoms with van der Waals surface area (Å²) in [6.45, 7) is 0. The minimum absolute atomic E-state index is 0.149. The minimum Gasteiger partial charge on any atom is -0.493 e. The number of methoxy groups -OCH3 is 3. The first-order valence-electron chi connectivity index (χ1n) is 9.31. The Balaban J connectivity index is 1.62. The molecule has 4 aromatic rings. The van der Waals surface area contributed by atoms with Gasteiger partial charge in [-0.15, -0.1) is 0 Å². The highest BCUT2D eigenvalue weighted by Gasteiger charge is 2.17. The van der Waals surface area contributed by atoms with Gasteiger partial charge in [0.05, 0.1) is 37.9 Å². The Morgan fingerprint density at radius 1 is 0.839 bits per heavy atom. The molecule has 0 bridgehead atoms. The van der Waals surface area contributed by atoms with Gasteiger partial charge < -0.3 is 14.2 Å². The van der Waals surface area contributed by atoms with Gasteiger partial charge in [-0.25, -0.2) is 8.42 Å². The number of nitrogens with one attached hydrogen (secondary N) is 2. The molecule has 0 atom stereocenters. The summed E-state index contributed by atoms with van der Waals surface area (Å²) in [5.41, 5.74) is 2.90. The maximum atomic E-state index is 12.8. The van der Waals surface area contributed by atoms with Crippen molar-refractivity contribution < 1.29 is 22.6 Å². The van der Waals surface area contributed by atoms with Gasteiger partial charge in [0.2, 0.25) is 5.75 Å². The number of aromatic nitrogens is 2. The Kier molecular flexibility index (Phi) is 5.43. The summed E-state index contributed by atoms with van der Waals surface area (Å²) in [6, 6.07) is 15.4. The fourth-order valence-electron chi connectivity index (χ4n) is 3.29. The Hall–Kier alpha value is -3.72.